The van der Waals surface area contributed by atoms with Crippen molar-refractivity contribution < 1.29 is 14.4 Å². The van der Waals surface area contributed by atoms with Crippen molar-refractivity contribution in [2.45, 2.75) is 12.3 Å². The SMILES string of the molecule is CCOCOc1ccc([N+](=O)[O-])cc1CBr. The molecule has 0 saturated heterocycles. The number of halogens is 1. The molecule has 0 aromatic heterocycles. The monoisotopic (exact) mass is 289 g/mol. The third-order valence-corrected chi connectivity index (χ3v) is 2.50. The molecule has 0 bridgehead atoms. The molecule has 0 fully saturated rings. The highest BCUT2D eigenvalue weighted by Crippen LogP contribution is 2.26. The fourth-order valence-corrected chi connectivity index (χ4v) is 1.55. The maximum absolute atomic E-state index is 10.6. The highest BCUT2D eigenvalue weighted by atomic mass is 79.9. The van der Waals surface area contributed by atoms with Gasteiger partial charge < -0.3 is 9.47 Å². The molecule has 0 saturated carbocycles. The Labute approximate surface area is 102 Å². The van der Waals surface area contributed by atoms with Crippen molar-refractivity contribution in [3.8, 4) is 5.75 Å². The number of non-ortho nitro benzene ring substituents is 1. The Balaban J connectivity index is 2.80. The van der Waals surface area contributed by atoms with Crippen molar-refractivity contribution in [2.75, 3.05) is 13.4 Å². The number of ether oxygens (including phenoxy) is 2. The first-order valence-electron chi connectivity index (χ1n) is 4.72. The lowest BCUT2D eigenvalue weighted by atomic mass is 10.2. The number of hydrogen-bond acceptors (Lipinski definition) is 4. The summed E-state index contributed by atoms with van der Waals surface area (Å²) in [5, 5.41) is 11.1. The van der Waals surface area contributed by atoms with Crippen LogP contribution in [0.4, 0.5) is 5.69 Å². The van der Waals surface area contributed by atoms with Gasteiger partial charge in [0.1, 0.15) is 5.75 Å². The Morgan fingerprint density at radius 1 is 1.50 bits per heavy atom. The fraction of sp³-hybridized carbons (Fsp3) is 0.400. The highest BCUT2D eigenvalue weighted by Gasteiger charge is 2.10. The van der Waals surface area contributed by atoms with Crippen LogP contribution in [0.3, 0.4) is 0 Å². The molecule has 16 heavy (non-hydrogen) atoms. The lowest BCUT2D eigenvalue weighted by Crippen LogP contribution is -2.04. The predicted octanol–water partition coefficient (Wildman–Crippen LogP) is 2.86. The summed E-state index contributed by atoms with van der Waals surface area (Å²) in [6, 6.07) is 4.47. The molecule has 0 heterocycles. The minimum Gasteiger partial charge on any atom is -0.467 e. The van der Waals surface area contributed by atoms with Crippen LogP contribution in [0, 0.1) is 10.1 Å². The highest BCUT2D eigenvalue weighted by molar-refractivity contribution is 9.08. The Hall–Kier alpha value is -1.14. The van der Waals surface area contributed by atoms with Gasteiger partial charge in [0, 0.05) is 29.6 Å². The van der Waals surface area contributed by atoms with E-state index in [0.29, 0.717) is 17.7 Å². The largest absolute Gasteiger partial charge is 0.467 e. The zero-order valence-corrected chi connectivity index (χ0v) is 10.4. The number of nitro benzene ring substituents is 1. The molecule has 0 spiro atoms. The number of hydrogen-bond donors (Lipinski definition) is 0. The Bertz CT molecular complexity index is 370. The van der Waals surface area contributed by atoms with Gasteiger partial charge in [0.15, 0.2) is 6.79 Å². The average molecular weight is 290 g/mol. The van der Waals surface area contributed by atoms with Gasteiger partial charge in [0.05, 0.1) is 4.92 Å². The molecular formula is C10H12BrNO4. The minimum atomic E-state index is -0.432. The van der Waals surface area contributed by atoms with E-state index in [1.54, 1.807) is 6.07 Å². The van der Waals surface area contributed by atoms with Gasteiger partial charge in [-0.2, -0.15) is 0 Å². The third kappa shape index (κ3) is 3.46. The topological polar surface area (TPSA) is 61.6 Å². The van der Waals surface area contributed by atoms with Gasteiger partial charge in [0.2, 0.25) is 0 Å². The van der Waals surface area contributed by atoms with Crippen LogP contribution in [0.15, 0.2) is 18.2 Å². The standard InChI is InChI=1S/C10H12BrNO4/c1-2-15-7-16-10-4-3-9(12(13)14)5-8(10)6-11/h3-5H,2,6-7H2,1H3. The van der Waals surface area contributed by atoms with Crippen LogP contribution < -0.4 is 4.74 Å². The zero-order valence-electron chi connectivity index (χ0n) is 8.81. The summed E-state index contributed by atoms with van der Waals surface area (Å²) in [6.45, 7) is 2.58. The van der Waals surface area contributed by atoms with Gasteiger partial charge >= 0.3 is 0 Å². The molecule has 0 N–H and O–H groups in total. The molecule has 0 aliphatic rings. The number of alkyl halides is 1. The molecular weight excluding hydrogens is 278 g/mol. The van der Waals surface area contributed by atoms with E-state index in [9.17, 15) is 10.1 Å². The molecule has 0 unspecified atom stereocenters. The van der Waals surface area contributed by atoms with Crippen LogP contribution in [0.5, 0.6) is 5.75 Å². The molecule has 0 amide bonds. The maximum Gasteiger partial charge on any atom is 0.270 e. The zero-order chi connectivity index (χ0) is 12.0. The summed E-state index contributed by atoms with van der Waals surface area (Å²) in [6.07, 6.45) is 0. The van der Waals surface area contributed by atoms with Crippen LogP contribution in [-0.2, 0) is 10.1 Å². The summed E-state index contributed by atoms with van der Waals surface area (Å²) in [7, 11) is 0. The Kier molecular flexibility index (Phi) is 5.21. The van der Waals surface area contributed by atoms with Gasteiger partial charge in [-0.15, -0.1) is 0 Å². The van der Waals surface area contributed by atoms with Crippen LogP contribution >= 0.6 is 15.9 Å². The summed E-state index contributed by atoms with van der Waals surface area (Å²) < 4.78 is 10.4. The first-order valence-corrected chi connectivity index (χ1v) is 5.85. The minimum absolute atomic E-state index is 0.0539. The van der Waals surface area contributed by atoms with Crippen molar-refractivity contribution >= 4 is 21.6 Å². The number of nitro groups is 1. The molecule has 0 aliphatic heterocycles. The van der Waals surface area contributed by atoms with E-state index in [-0.39, 0.29) is 12.5 Å². The molecule has 0 atom stereocenters. The Morgan fingerprint density at radius 2 is 2.25 bits per heavy atom. The normalized spacial score (nSPS) is 10.1. The molecule has 1 rings (SSSR count). The first kappa shape index (κ1) is 12.9. The van der Waals surface area contributed by atoms with Crippen molar-refractivity contribution in [1.29, 1.82) is 0 Å². The van der Waals surface area contributed by atoms with Gasteiger partial charge in [0.25, 0.3) is 5.69 Å². The number of rotatable bonds is 6. The lowest BCUT2D eigenvalue weighted by Gasteiger charge is -2.09. The predicted molar refractivity (Wildman–Crippen MR) is 62.8 cm³/mol. The van der Waals surface area contributed by atoms with Crippen molar-refractivity contribution in [3.63, 3.8) is 0 Å². The number of nitrogens with zero attached hydrogens (tertiary/aromatic N) is 1. The van der Waals surface area contributed by atoms with E-state index in [1.807, 2.05) is 6.92 Å². The number of benzene rings is 1. The van der Waals surface area contributed by atoms with Crippen molar-refractivity contribution in [1.82, 2.24) is 0 Å². The summed E-state index contributed by atoms with van der Waals surface area (Å²) >= 11 is 3.26. The molecule has 0 radical (unpaired) electrons. The molecule has 6 heteroatoms. The van der Waals surface area contributed by atoms with E-state index in [2.05, 4.69) is 15.9 Å². The van der Waals surface area contributed by atoms with Gasteiger partial charge in [-0.25, -0.2) is 0 Å². The van der Waals surface area contributed by atoms with Crippen molar-refractivity contribution in [2.24, 2.45) is 0 Å². The third-order valence-electron chi connectivity index (χ3n) is 1.90. The van der Waals surface area contributed by atoms with E-state index in [1.165, 1.54) is 12.1 Å². The smallest absolute Gasteiger partial charge is 0.270 e. The van der Waals surface area contributed by atoms with Crippen LogP contribution in [0.1, 0.15) is 12.5 Å². The maximum atomic E-state index is 10.6. The van der Waals surface area contributed by atoms with Crippen LogP contribution in [0.25, 0.3) is 0 Å². The molecule has 1 aromatic carbocycles. The fourth-order valence-electron chi connectivity index (χ4n) is 1.11. The quantitative estimate of drug-likeness (QED) is 0.266. The molecule has 88 valence electrons. The second kappa shape index (κ2) is 6.44. The summed E-state index contributed by atoms with van der Waals surface area (Å²) in [5.41, 5.74) is 0.784. The lowest BCUT2D eigenvalue weighted by molar-refractivity contribution is -0.384. The molecule has 1 aromatic rings. The first-order chi connectivity index (χ1) is 7.69. The van der Waals surface area contributed by atoms with E-state index < -0.39 is 4.92 Å². The molecule has 0 aliphatic carbocycles. The second-order valence-electron chi connectivity index (χ2n) is 2.94. The van der Waals surface area contributed by atoms with E-state index in [0.717, 1.165) is 5.56 Å². The summed E-state index contributed by atoms with van der Waals surface area (Å²) in [5.74, 6) is 0.593. The Morgan fingerprint density at radius 3 is 2.81 bits per heavy atom. The van der Waals surface area contributed by atoms with Gasteiger partial charge in [-0.3, -0.25) is 10.1 Å². The van der Waals surface area contributed by atoms with Gasteiger partial charge in [-0.05, 0) is 13.0 Å². The van der Waals surface area contributed by atoms with Crippen molar-refractivity contribution in [3.05, 3.63) is 33.9 Å². The average Bonchev–Trinajstić information content (AvgIpc) is 2.29. The van der Waals surface area contributed by atoms with Crippen LogP contribution in [-0.4, -0.2) is 18.3 Å². The van der Waals surface area contributed by atoms with Crippen LogP contribution in [0.2, 0.25) is 0 Å². The van der Waals surface area contributed by atoms with E-state index >= 15 is 0 Å². The molecule has 5 nitrogen and oxygen atoms in total. The van der Waals surface area contributed by atoms with Gasteiger partial charge in [-0.1, -0.05) is 15.9 Å². The second-order valence-corrected chi connectivity index (χ2v) is 3.50. The summed E-state index contributed by atoms with van der Waals surface area (Å²) in [4.78, 5) is 10.1. The van der Waals surface area contributed by atoms with E-state index in [4.69, 9.17) is 9.47 Å².